The Labute approximate surface area is 212 Å². The molecule has 0 spiro atoms. The number of allylic oxidation sites excluding steroid dienone is 2. The van der Waals surface area contributed by atoms with E-state index in [1.54, 1.807) is 21.5 Å². The first kappa shape index (κ1) is 22.5. The molecule has 0 aliphatic heterocycles. The van der Waals surface area contributed by atoms with Gasteiger partial charge in [0.15, 0.2) is 0 Å². The molecule has 0 radical (unpaired) electrons. The molecular weight excluding hydrogens is 515 g/mol. The van der Waals surface area contributed by atoms with Gasteiger partial charge in [0.05, 0.1) is 0 Å². The van der Waals surface area contributed by atoms with Crippen LogP contribution >= 0.6 is 0 Å². The molecule has 2 aliphatic carbocycles. The fourth-order valence-electron chi connectivity index (χ4n) is 5.50. The normalized spacial score (nSPS) is 17.5. The van der Waals surface area contributed by atoms with Crippen LogP contribution < -0.4 is 22.8 Å². The van der Waals surface area contributed by atoms with E-state index in [2.05, 4.69) is 133 Å². The Bertz CT molecular complexity index is 1200. The van der Waals surface area contributed by atoms with Crippen LogP contribution in [0.4, 0.5) is 0 Å². The monoisotopic (exact) mass is 539 g/mol. The summed E-state index contributed by atoms with van der Waals surface area (Å²) in [7, 11) is 0. The zero-order valence-electron chi connectivity index (χ0n) is 19.3. The predicted octanol–water partition coefficient (Wildman–Crippen LogP) is 2.80. The predicted molar refractivity (Wildman–Crippen MR) is 137 cm³/mol. The molecule has 33 heavy (non-hydrogen) atoms. The van der Waals surface area contributed by atoms with Crippen molar-refractivity contribution in [2.75, 3.05) is 0 Å². The third-order valence-electron chi connectivity index (χ3n) is 6.92. The first-order valence-corrected chi connectivity index (χ1v) is 20.2. The van der Waals surface area contributed by atoms with Crippen LogP contribution in [0.1, 0.15) is 30.9 Å². The van der Waals surface area contributed by atoms with Gasteiger partial charge in [-0.25, -0.2) is 0 Å². The average Bonchev–Trinajstić information content (AvgIpc) is 3.48. The van der Waals surface area contributed by atoms with Crippen molar-refractivity contribution in [3.63, 3.8) is 0 Å². The van der Waals surface area contributed by atoms with Gasteiger partial charge in [0, 0.05) is 0 Å². The molecule has 2 atom stereocenters. The van der Waals surface area contributed by atoms with Crippen LogP contribution in [0.25, 0.3) is 12.2 Å². The molecule has 0 saturated heterocycles. The van der Waals surface area contributed by atoms with Gasteiger partial charge in [-0.3, -0.25) is 0 Å². The van der Waals surface area contributed by atoms with E-state index in [1.165, 1.54) is 11.1 Å². The van der Waals surface area contributed by atoms with Crippen LogP contribution in [0.5, 0.6) is 0 Å². The minimum atomic E-state index is -2.22. The zero-order valence-corrected chi connectivity index (χ0v) is 22.7. The quantitative estimate of drug-likeness (QED) is 0.341. The Balaban J connectivity index is 0.00000137. The minimum absolute atomic E-state index is 0. The van der Waals surface area contributed by atoms with Gasteiger partial charge in [0.25, 0.3) is 0 Å². The average molecular weight is 541 g/mol. The zero-order chi connectivity index (χ0) is 21.3. The maximum absolute atomic E-state index is 2.57. The Morgan fingerprint density at radius 2 is 0.909 bits per heavy atom. The third kappa shape index (κ3) is 4.21. The van der Waals surface area contributed by atoms with E-state index < -0.39 is 26.8 Å². The summed E-state index contributed by atoms with van der Waals surface area (Å²) in [6.07, 6.45) is 9.93. The molecule has 2 aliphatic rings. The Morgan fingerprint density at radius 3 is 1.36 bits per heavy atom. The second-order valence-electron chi connectivity index (χ2n) is 8.69. The maximum Gasteiger partial charge on any atom is -1.00 e. The Hall–Kier alpha value is -2.25. The SMILES string of the molecule is C1=C[CH]([Zr+2]([CH]2C=Cc3ccccc32)[SiH](c2ccccc2)c2ccccc2)c2ccccc21.[Cl-].[H-]. The molecule has 0 bridgehead atoms. The number of hydrogen-bond acceptors (Lipinski definition) is 0. The molecule has 0 nitrogen and oxygen atoms in total. The van der Waals surface area contributed by atoms with Crippen molar-refractivity contribution in [2.24, 2.45) is 0 Å². The summed E-state index contributed by atoms with van der Waals surface area (Å²) in [5.74, 6) is -1.40. The molecular formula is C30H26ClSiZr. The van der Waals surface area contributed by atoms with Gasteiger partial charge >= 0.3 is 200 Å². The van der Waals surface area contributed by atoms with Crippen molar-refractivity contribution in [3.8, 4) is 0 Å². The van der Waals surface area contributed by atoms with Gasteiger partial charge in [-0.15, -0.1) is 0 Å². The molecule has 4 aromatic rings. The van der Waals surface area contributed by atoms with Crippen molar-refractivity contribution in [3.05, 3.63) is 144 Å². The number of fused-ring (bicyclic) bond motifs is 2. The van der Waals surface area contributed by atoms with Gasteiger partial charge < -0.3 is 13.8 Å². The first-order valence-electron chi connectivity index (χ1n) is 11.4. The molecule has 0 N–H and O–H groups in total. The van der Waals surface area contributed by atoms with Gasteiger partial charge in [-0.1, -0.05) is 0 Å². The van der Waals surface area contributed by atoms with Crippen LogP contribution in [-0.4, -0.2) is 5.92 Å². The molecule has 0 amide bonds. The van der Waals surface area contributed by atoms with Crippen molar-refractivity contribution in [1.29, 1.82) is 0 Å². The summed E-state index contributed by atoms with van der Waals surface area (Å²) in [6, 6.07) is 41.2. The first-order chi connectivity index (χ1) is 15.9. The van der Waals surface area contributed by atoms with E-state index in [0.717, 1.165) is 0 Å². The largest absolute Gasteiger partial charge is 1.00 e. The van der Waals surface area contributed by atoms with E-state index in [1.807, 2.05) is 0 Å². The van der Waals surface area contributed by atoms with E-state index >= 15 is 0 Å². The number of hydrogen-bond donors (Lipinski definition) is 0. The van der Waals surface area contributed by atoms with Crippen LogP contribution in [0.3, 0.4) is 0 Å². The number of halogens is 1. The van der Waals surface area contributed by atoms with Crippen LogP contribution in [0.15, 0.2) is 121 Å². The number of rotatable bonds is 5. The molecule has 161 valence electrons. The fourth-order valence-corrected chi connectivity index (χ4v) is 31.4. The molecule has 0 aromatic heterocycles. The molecule has 0 fully saturated rings. The number of benzene rings is 4. The summed E-state index contributed by atoms with van der Waals surface area (Å²) in [6.45, 7) is 0. The van der Waals surface area contributed by atoms with Crippen LogP contribution in [0.2, 0.25) is 0 Å². The summed E-state index contributed by atoms with van der Waals surface area (Å²) < 4.78 is 1.23. The van der Waals surface area contributed by atoms with E-state index in [4.69, 9.17) is 0 Å². The molecule has 2 unspecified atom stereocenters. The summed E-state index contributed by atoms with van der Waals surface area (Å²) in [5.41, 5.74) is 6.01. The Kier molecular flexibility index (Phi) is 6.79. The molecule has 0 saturated carbocycles. The standard InChI is InChI=1S/C12H11Si.2C9H7.ClH.Zr.H/c1-3-7-11(8-4-1)13-12-9-5-2-6-10-12;2*1-2-5-9-7-3-6-8(9)4-1;;;/h1-10,13H;2*1-7H;1H;;/q;;;;+2;-1/p-1. The topological polar surface area (TPSA) is 0 Å². The van der Waals surface area contributed by atoms with E-state index in [9.17, 15) is 0 Å². The smallest absolute Gasteiger partial charge is 1.00 e. The van der Waals surface area contributed by atoms with Crippen LogP contribution in [-0.2, 0) is 20.9 Å². The second kappa shape index (κ2) is 9.94. The van der Waals surface area contributed by atoms with E-state index in [-0.39, 0.29) is 13.8 Å². The third-order valence-corrected chi connectivity index (χ3v) is 29.8. The maximum atomic E-state index is 2.57. The van der Waals surface area contributed by atoms with Crippen molar-refractivity contribution in [1.82, 2.24) is 0 Å². The molecule has 3 heteroatoms. The molecule has 6 rings (SSSR count). The van der Waals surface area contributed by atoms with Crippen LogP contribution in [0, 0.1) is 0 Å². The Morgan fingerprint density at radius 1 is 0.515 bits per heavy atom. The van der Waals surface area contributed by atoms with Gasteiger partial charge in [0.2, 0.25) is 0 Å². The van der Waals surface area contributed by atoms with Gasteiger partial charge in [0.1, 0.15) is 0 Å². The molecule has 4 aromatic carbocycles. The van der Waals surface area contributed by atoms with E-state index in [0.29, 0.717) is 7.25 Å². The fraction of sp³-hybridized carbons (Fsp3) is 0.0667. The van der Waals surface area contributed by atoms with Crippen molar-refractivity contribution < 1.29 is 34.7 Å². The minimum Gasteiger partial charge on any atom is -1.00 e. The summed E-state index contributed by atoms with van der Waals surface area (Å²) >= 11 is -2.22. The molecule has 0 heterocycles. The van der Waals surface area contributed by atoms with Gasteiger partial charge in [-0.2, -0.15) is 0 Å². The second-order valence-corrected chi connectivity index (χ2v) is 24.6. The van der Waals surface area contributed by atoms with Crippen molar-refractivity contribution in [2.45, 2.75) is 7.25 Å². The van der Waals surface area contributed by atoms with Crippen molar-refractivity contribution >= 4 is 28.4 Å². The van der Waals surface area contributed by atoms with Gasteiger partial charge in [-0.05, 0) is 0 Å². The summed E-state index contributed by atoms with van der Waals surface area (Å²) in [5, 5.41) is 3.23. The summed E-state index contributed by atoms with van der Waals surface area (Å²) in [4.78, 5) is 0.